The topological polar surface area (TPSA) is 66.7 Å². The summed E-state index contributed by atoms with van der Waals surface area (Å²) in [6.45, 7) is 25.3. The molecule has 0 aliphatic rings. The summed E-state index contributed by atoms with van der Waals surface area (Å²) in [6, 6.07) is 15.9. The minimum absolute atomic E-state index is 0.229. The maximum Gasteiger partial charge on any atom is 0.170 e. The normalized spacial score (nSPS) is 13.2. The molecule has 0 saturated carbocycles. The van der Waals surface area contributed by atoms with Gasteiger partial charge in [-0.3, -0.25) is 0 Å². The van der Waals surface area contributed by atoms with E-state index in [9.17, 15) is 10.2 Å². The molecule has 2 aromatic heterocycles. The molecular weight excluding hydrogens is 496 g/mol. The van der Waals surface area contributed by atoms with Gasteiger partial charge >= 0.3 is 0 Å². The Bertz CT molecular complexity index is 1350. The summed E-state index contributed by atoms with van der Waals surface area (Å²) in [5.41, 5.74) is 4.51. The first-order chi connectivity index (χ1) is 18.2. The quantitative estimate of drug-likeness (QED) is 0.270. The van der Waals surface area contributed by atoms with Crippen LogP contribution < -0.4 is 0 Å². The predicted octanol–water partition coefficient (Wildman–Crippen LogP) is 10.5. The van der Waals surface area contributed by atoms with Crippen LogP contribution in [0.4, 0.5) is 0 Å². The van der Waals surface area contributed by atoms with Crippen LogP contribution in [0.3, 0.4) is 0 Å². The number of hydrogen-bond acceptors (Lipinski definition) is 4. The maximum atomic E-state index is 11.1. The molecule has 0 aliphatic heterocycles. The number of phenolic OH excluding ortho intramolecular Hbond substituents is 2. The van der Waals surface area contributed by atoms with Crippen LogP contribution in [-0.2, 0) is 21.7 Å². The number of aromatic hydroxyl groups is 2. The average Bonchev–Trinajstić information content (AvgIpc) is 3.46. The van der Waals surface area contributed by atoms with E-state index in [1.807, 2.05) is 48.5 Å². The molecule has 4 rings (SSSR count). The average molecular weight is 543 g/mol. The monoisotopic (exact) mass is 542 g/mol. The lowest BCUT2D eigenvalue weighted by atomic mass is 9.78. The SMILES string of the molecule is CC(C)(C)c1cc(-c2ccc(-c3ccc(-c4cc(C(C)(C)C)c(O)c(C(C)(C)C)c4)o3)o2)cc(C(C)(C)C)c1O. The van der Waals surface area contributed by atoms with E-state index in [4.69, 9.17) is 8.83 Å². The Morgan fingerprint density at radius 1 is 0.400 bits per heavy atom. The molecular formula is C36H46O4. The van der Waals surface area contributed by atoms with Crippen LogP contribution >= 0.6 is 0 Å². The fourth-order valence-electron chi connectivity index (χ4n) is 5.09. The van der Waals surface area contributed by atoms with Crippen LogP contribution in [0, 0.1) is 0 Å². The summed E-state index contributed by atoms with van der Waals surface area (Å²) in [7, 11) is 0. The molecule has 0 atom stereocenters. The highest BCUT2D eigenvalue weighted by Crippen LogP contribution is 2.44. The van der Waals surface area contributed by atoms with Crippen LogP contribution in [0.25, 0.3) is 34.2 Å². The second kappa shape index (κ2) is 9.61. The van der Waals surface area contributed by atoms with Crippen LogP contribution in [0.5, 0.6) is 11.5 Å². The smallest absolute Gasteiger partial charge is 0.170 e. The van der Waals surface area contributed by atoms with Crippen molar-refractivity contribution < 1.29 is 19.0 Å². The first-order valence-corrected chi connectivity index (χ1v) is 14.1. The van der Waals surface area contributed by atoms with E-state index in [1.54, 1.807) is 0 Å². The van der Waals surface area contributed by atoms with Gasteiger partial charge in [0.15, 0.2) is 11.5 Å². The molecule has 0 radical (unpaired) electrons. The van der Waals surface area contributed by atoms with Gasteiger partial charge in [0.05, 0.1) is 0 Å². The van der Waals surface area contributed by atoms with Gasteiger partial charge in [-0.25, -0.2) is 0 Å². The van der Waals surface area contributed by atoms with Crippen LogP contribution in [0.15, 0.2) is 57.4 Å². The molecule has 4 nitrogen and oxygen atoms in total. The number of rotatable bonds is 3. The van der Waals surface area contributed by atoms with E-state index in [-0.39, 0.29) is 21.7 Å². The van der Waals surface area contributed by atoms with Gasteiger partial charge in [-0.15, -0.1) is 0 Å². The van der Waals surface area contributed by atoms with Crippen molar-refractivity contribution >= 4 is 0 Å². The molecule has 4 aromatic rings. The molecule has 4 heteroatoms. The van der Waals surface area contributed by atoms with Crippen LogP contribution in [0.2, 0.25) is 0 Å². The molecule has 0 aliphatic carbocycles. The lowest BCUT2D eigenvalue weighted by molar-refractivity contribution is 0.422. The summed E-state index contributed by atoms with van der Waals surface area (Å²) in [5, 5.41) is 22.2. The fourth-order valence-corrected chi connectivity index (χ4v) is 5.09. The third kappa shape index (κ3) is 5.73. The summed E-state index contributed by atoms with van der Waals surface area (Å²) < 4.78 is 12.7. The third-order valence-corrected chi connectivity index (χ3v) is 7.48. The second-order valence-corrected chi connectivity index (χ2v) is 15.2. The maximum absolute atomic E-state index is 11.1. The van der Waals surface area contributed by atoms with Gasteiger partial charge in [-0.05, 0) is 70.2 Å². The molecule has 0 saturated heterocycles. The Morgan fingerprint density at radius 3 is 0.850 bits per heavy atom. The van der Waals surface area contributed by atoms with Gasteiger partial charge in [-0.1, -0.05) is 83.1 Å². The van der Waals surface area contributed by atoms with Gasteiger partial charge in [0, 0.05) is 33.4 Å². The largest absolute Gasteiger partial charge is 0.507 e. The zero-order valence-electron chi connectivity index (χ0n) is 26.3. The van der Waals surface area contributed by atoms with Crippen molar-refractivity contribution in [1.82, 2.24) is 0 Å². The minimum atomic E-state index is -0.229. The molecule has 2 heterocycles. The molecule has 2 N–H and O–H groups in total. The van der Waals surface area contributed by atoms with E-state index in [0.29, 0.717) is 23.0 Å². The summed E-state index contributed by atoms with van der Waals surface area (Å²) in [5.74, 6) is 3.41. The number of furan rings is 2. The molecule has 0 unspecified atom stereocenters. The van der Waals surface area contributed by atoms with Crippen molar-refractivity contribution in [2.75, 3.05) is 0 Å². The number of phenols is 2. The Hall–Kier alpha value is -3.40. The first-order valence-electron chi connectivity index (χ1n) is 14.1. The number of hydrogen-bond donors (Lipinski definition) is 2. The van der Waals surface area contributed by atoms with Crippen molar-refractivity contribution in [3.63, 3.8) is 0 Å². The second-order valence-electron chi connectivity index (χ2n) is 15.2. The van der Waals surface area contributed by atoms with Gasteiger partial charge in [0.2, 0.25) is 0 Å². The van der Waals surface area contributed by atoms with E-state index in [1.165, 1.54) is 0 Å². The molecule has 0 bridgehead atoms. The van der Waals surface area contributed by atoms with Crippen molar-refractivity contribution in [2.45, 2.75) is 105 Å². The summed E-state index contributed by atoms with van der Waals surface area (Å²) in [6.07, 6.45) is 0. The molecule has 40 heavy (non-hydrogen) atoms. The molecule has 0 fully saturated rings. The Morgan fingerprint density at radius 2 is 0.625 bits per heavy atom. The fraction of sp³-hybridized carbons (Fsp3) is 0.444. The number of benzene rings is 2. The van der Waals surface area contributed by atoms with Gasteiger partial charge in [0.1, 0.15) is 23.0 Å². The van der Waals surface area contributed by atoms with Gasteiger partial charge in [-0.2, -0.15) is 0 Å². The minimum Gasteiger partial charge on any atom is -0.507 e. The summed E-state index contributed by atoms with van der Waals surface area (Å²) >= 11 is 0. The highest BCUT2D eigenvalue weighted by atomic mass is 16.4. The van der Waals surface area contributed by atoms with Crippen molar-refractivity contribution in [2.24, 2.45) is 0 Å². The van der Waals surface area contributed by atoms with E-state index in [0.717, 1.165) is 44.9 Å². The van der Waals surface area contributed by atoms with Gasteiger partial charge < -0.3 is 19.0 Å². The zero-order chi connectivity index (χ0) is 30.0. The van der Waals surface area contributed by atoms with E-state index >= 15 is 0 Å². The Balaban J connectivity index is 1.78. The molecule has 0 spiro atoms. The van der Waals surface area contributed by atoms with Crippen molar-refractivity contribution in [3.05, 3.63) is 70.8 Å². The molecule has 2 aromatic carbocycles. The standard InChI is InChI=1S/C36H46O4/c1-33(2,3)23-17-21(18-24(31(23)37)34(4,5)6)27-13-15-29(39-27)30-16-14-28(40-30)22-19-25(35(7,8)9)32(38)26(20-22)36(10,11)12/h13-20,37-38H,1-12H3. The molecule has 0 amide bonds. The van der Waals surface area contributed by atoms with E-state index in [2.05, 4.69) is 83.1 Å². The zero-order valence-corrected chi connectivity index (χ0v) is 26.3. The van der Waals surface area contributed by atoms with Crippen molar-refractivity contribution in [3.8, 4) is 45.7 Å². The lowest BCUT2D eigenvalue weighted by Gasteiger charge is -2.28. The third-order valence-electron chi connectivity index (χ3n) is 7.48. The Kier molecular flexibility index (Phi) is 7.11. The van der Waals surface area contributed by atoms with Crippen molar-refractivity contribution in [1.29, 1.82) is 0 Å². The van der Waals surface area contributed by atoms with Crippen LogP contribution in [0.1, 0.15) is 105 Å². The highest BCUT2D eigenvalue weighted by molar-refractivity contribution is 5.70. The predicted molar refractivity (Wildman–Crippen MR) is 165 cm³/mol. The van der Waals surface area contributed by atoms with E-state index < -0.39 is 0 Å². The summed E-state index contributed by atoms with van der Waals surface area (Å²) in [4.78, 5) is 0. The van der Waals surface area contributed by atoms with Crippen LogP contribution in [-0.4, -0.2) is 10.2 Å². The Labute approximate surface area is 240 Å². The highest BCUT2D eigenvalue weighted by Gasteiger charge is 2.29. The molecule has 214 valence electrons. The van der Waals surface area contributed by atoms with Gasteiger partial charge in [0.25, 0.3) is 0 Å². The first kappa shape index (κ1) is 29.6. The lowest BCUT2D eigenvalue weighted by Crippen LogP contribution is -2.17.